The first-order chi connectivity index (χ1) is 13.7. The lowest BCUT2D eigenvalue weighted by atomic mass is 10.0. The van der Waals surface area contributed by atoms with Crippen molar-refractivity contribution in [2.45, 2.75) is 44.0 Å². The number of sulfonamides is 1. The van der Waals surface area contributed by atoms with E-state index in [1.807, 2.05) is 0 Å². The van der Waals surface area contributed by atoms with E-state index in [1.165, 1.54) is 11.0 Å². The smallest absolute Gasteiger partial charge is 0.274 e. The number of carbonyl (C=O) groups is 3. The molecule has 2 aliphatic heterocycles. The fourth-order valence-corrected chi connectivity index (χ4v) is 4.53. The predicted octanol–water partition coefficient (Wildman–Crippen LogP) is 0.828. The molecule has 3 amide bonds. The van der Waals surface area contributed by atoms with Gasteiger partial charge in [-0.25, -0.2) is 13.1 Å². The van der Waals surface area contributed by atoms with E-state index in [0.717, 1.165) is 0 Å². The van der Waals surface area contributed by atoms with E-state index in [4.69, 9.17) is 4.42 Å². The first kappa shape index (κ1) is 19.3. The molecule has 1 aromatic heterocycles. The van der Waals surface area contributed by atoms with E-state index in [1.54, 1.807) is 31.2 Å². The average Bonchev–Trinajstić information content (AvgIpc) is 3.24. The third kappa shape index (κ3) is 3.68. The largest absolute Gasteiger partial charge is 0.449 e. The van der Waals surface area contributed by atoms with Gasteiger partial charge < -0.3 is 9.32 Å². The Morgan fingerprint density at radius 2 is 2.00 bits per heavy atom. The zero-order valence-corrected chi connectivity index (χ0v) is 16.4. The van der Waals surface area contributed by atoms with E-state index in [2.05, 4.69) is 10.0 Å². The summed E-state index contributed by atoms with van der Waals surface area (Å²) in [6.45, 7) is 1.92. The Morgan fingerprint density at radius 3 is 2.69 bits per heavy atom. The Balaban J connectivity index is 1.47. The second-order valence-electron chi connectivity index (χ2n) is 7.08. The molecular formula is C19H19N3O6S. The number of furan rings is 1. The van der Waals surface area contributed by atoms with Gasteiger partial charge in [0, 0.05) is 25.1 Å². The number of hydrogen-bond acceptors (Lipinski definition) is 6. The van der Waals surface area contributed by atoms with Gasteiger partial charge in [-0.3, -0.25) is 19.7 Å². The minimum absolute atomic E-state index is 0.0297. The standard InChI is InChI=1S/C19H19N3O6S/c1-11-2-7-17(28-11)29(26,27)20-9-12-3-4-14-13(8-12)10-22(19(14)25)15-5-6-16(23)21-18(15)24/h2-4,7-8,15,20H,5-6,9-10H2,1H3,(H,21,23,24). The molecule has 1 saturated heterocycles. The molecule has 1 aromatic carbocycles. The summed E-state index contributed by atoms with van der Waals surface area (Å²) in [5.41, 5.74) is 1.86. The maximum atomic E-state index is 12.7. The second-order valence-corrected chi connectivity index (χ2v) is 8.78. The van der Waals surface area contributed by atoms with Crippen LogP contribution in [-0.4, -0.2) is 37.1 Å². The number of hydrogen-bond donors (Lipinski definition) is 2. The van der Waals surface area contributed by atoms with Crippen LogP contribution in [-0.2, 0) is 32.7 Å². The van der Waals surface area contributed by atoms with Crippen LogP contribution in [0.4, 0.5) is 0 Å². The molecule has 0 saturated carbocycles. The third-order valence-corrected chi connectivity index (χ3v) is 6.31. The number of rotatable bonds is 5. The van der Waals surface area contributed by atoms with Crippen molar-refractivity contribution in [1.29, 1.82) is 0 Å². The summed E-state index contributed by atoms with van der Waals surface area (Å²) in [5.74, 6) is -0.580. The van der Waals surface area contributed by atoms with E-state index in [0.29, 0.717) is 28.9 Å². The Bertz CT molecular complexity index is 1120. The molecule has 4 rings (SSSR count). The predicted molar refractivity (Wildman–Crippen MR) is 100.0 cm³/mol. The monoisotopic (exact) mass is 417 g/mol. The molecular weight excluding hydrogens is 398 g/mol. The minimum atomic E-state index is -3.78. The summed E-state index contributed by atoms with van der Waals surface area (Å²) in [4.78, 5) is 37.6. The number of benzene rings is 1. The normalized spacial score (nSPS) is 19.4. The molecule has 152 valence electrons. The van der Waals surface area contributed by atoms with Gasteiger partial charge in [0.1, 0.15) is 11.8 Å². The molecule has 1 unspecified atom stereocenters. The van der Waals surface area contributed by atoms with Gasteiger partial charge in [0.25, 0.3) is 15.9 Å². The molecule has 29 heavy (non-hydrogen) atoms. The summed E-state index contributed by atoms with van der Waals surface area (Å²) in [7, 11) is -3.78. The lowest BCUT2D eigenvalue weighted by Crippen LogP contribution is -2.52. The van der Waals surface area contributed by atoms with Crippen LogP contribution >= 0.6 is 0 Å². The number of amides is 3. The van der Waals surface area contributed by atoms with E-state index < -0.39 is 22.0 Å². The highest BCUT2D eigenvalue weighted by Crippen LogP contribution is 2.28. The topological polar surface area (TPSA) is 126 Å². The maximum absolute atomic E-state index is 12.7. The quantitative estimate of drug-likeness (QED) is 0.694. The summed E-state index contributed by atoms with van der Waals surface area (Å²) in [6.07, 6.45) is 0.482. The third-order valence-electron chi connectivity index (χ3n) is 5.03. The summed E-state index contributed by atoms with van der Waals surface area (Å²) < 4.78 is 32.2. The van der Waals surface area contributed by atoms with Gasteiger partial charge in [-0.2, -0.15) is 0 Å². The van der Waals surface area contributed by atoms with E-state index in [-0.39, 0.29) is 36.4 Å². The second kappa shape index (κ2) is 7.12. The van der Waals surface area contributed by atoms with E-state index >= 15 is 0 Å². The molecule has 10 heteroatoms. The molecule has 3 heterocycles. The fraction of sp³-hybridized carbons (Fsp3) is 0.316. The lowest BCUT2D eigenvalue weighted by Gasteiger charge is -2.29. The van der Waals surface area contributed by atoms with Crippen molar-refractivity contribution in [2.24, 2.45) is 0 Å². The number of fused-ring (bicyclic) bond motifs is 1. The van der Waals surface area contributed by atoms with Crippen molar-refractivity contribution in [2.75, 3.05) is 0 Å². The Hall–Kier alpha value is -2.98. The molecule has 0 bridgehead atoms. The van der Waals surface area contributed by atoms with Crippen molar-refractivity contribution < 1.29 is 27.2 Å². The van der Waals surface area contributed by atoms with Crippen LogP contribution in [0.5, 0.6) is 0 Å². The molecule has 0 aliphatic carbocycles. The molecule has 9 nitrogen and oxygen atoms in total. The van der Waals surface area contributed by atoms with Crippen LogP contribution in [0.3, 0.4) is 0 Å². The van der Waals surface area contributed by atoms with Crippen LogP contribution in [0.2, 0.25) is 0 Å². The van der Waals surface area contributed by atoms with Crippen molar-refractivity contribution in [3.63, 3.8) is 0 Å². The Labute approximate surface area is 167 Å². The minimum Gasteiger partial charge on any atom is -0.449 e. The number of carbonyl (C=O) groups excluding carboxylic acids is 3. The molecule has 2 aliphatic rings. The highest BCUT2D eigenvalue weighted by Gasteiger charge is 2.39. The number of nitrogens with one attached hydrogen (secondary N) is 2. The molecule has 2 N–H and O–H groups in total. The van der Waals surface area contributed by atoms with Crippen LogP contribution in [0, 0.1) is 6.92 Å². The molecule has 2 aromatic rings. The lowest BCUT2D eigenvalue weighted by molar-refractivity contribution is -0.136. The highest BCUT2D eigenvalue weighted by molar-refractivity contribution is 7.89. The van der Waals surface area contributed by atoms with E-state index in [9.17, 15) is 22.8 Å². The maximum Gasteiger partial charge on any atom is 0.274 e. The van der Waals surface area contributed by atoms with Gasteiger partial charge in [-0.05, 0) is 42.7 Å². The van der Waals surface area contributed by atoms with Gasteiger partial charge in [0.2, 0.25) is 16.9 Å². The summed E-state index contributed by atoms with van der Waals surface area (Å²) in [5, 5.41) is 2.10. The van der Waals surface area contributed by atoms with Gasteiger partial charge in [-0.15, -0.1) is 0 Å². The average molecular weight is 417 g/mol. The summed E-state index contributed by atoms with van der Waals surface area (Å²) >= 11 is 0. The fourth-order valence-electron chi connectivity index (χ4n) is 3.54. The zero-order chi connectivity index (χ0) is 20.8. The van der Waals surface area contributed by atoms with Gasteiger partial charge >= 0.3 is 0 Å². The Morgan fingerprint density at radius 1 is 1.21 bits per heavy atom. The SMILES string of the molecule is Cc1ccc(S(=O)(=O)NCc2ccc3c(c2)CN(C2CCC(=O)NC2=O)C3=O)o1. The number of aryl methyl sites for hydroxylation is 1. The van der Waals surface area contributed by atoms with Crippen molar-refractivity contribution in [3.05, 3.63) is 52.8 Å². The highest BCUT2D eigenvalue weighted by atomic mass is 32.2. The zero-order valence-electron chi connectivity index (χ0n) is 15.6. The van der Waals surface area contributed by atoms with Crippen LogP contribution < -0.4 is 10.0 Å². The van der Waals surface area contributed by atoms with Gasteiger partial charge in [-0.1, -0.05) is 12.1 Å². The van der Waals surface area contributed by atoms with Gasteiger partial charge in [0.05, 0.1) is 0 Å². The first-order valence-corrected chi connectivity index (χ1v) is 10.6. The molecule has 1 atom stereocenters. The first-order valence-electron chi connectivity index (χ1n) is 9.07. The van der Waals surface area contributed by atoms with Gasteiger partial charge in [0.15, 0.2) is 0 Å². The van der Waals surface area contributed by atoms with Crippen LogP contribution in [0.1, 0.15) is 40.1 Å². The number of nitrogens with zero attached hydrogens (tertiary/aromatic N) is 1. The van der Waals surface area contributed by atoms with Crippen molar-refractivity contribution in [1.82, 2.24) is 14.9 Å². The summed E-state index contributed by atoms with van der Waals surface area (Å²) in [6, 6.07) is 7.31. The number of imide groups is 1. The molecule has 0 radical (unpaired) electrons. The van der Waals surface area contributed by atoms with Crippen LogP contribution in [0.25, 0.3) is 0 Å². The molecule has 1 fully saturated rings. The number of piperidine rings is 1. The Kier molecular flexibility index (Phi) is 4.75. The van der Waals surface area contributed by atoms with Crippen molar-refractivity contribution >= 4 is 27.7 Å². The molecule has 0 spiro atoms. The van der Waals surface area contributed by atoms with Crippen molar-refractivity contribution in [3.8, 4) is 0 Å². The van der Waals surface area contributed by atoms with Crippen LogP contribution in [0.15, 0.2) is 39.8 Å².